The lowest BCUT2D eigenvalue weighted by Crippen LogP contribution is -2.35. The second-order valence-electron chi connectivity index (χ2n) is 9.40. The van der Waals surface area contributed by atoms with Crippen LogP contribution >= 0.6 is 0 Å². The summed E-state index contributed by atoms with van der Waals surface area (Å²) in [5.74, 6) is 1.24. The fourth-order valence-electron chi connectivity index (χ4n) is 4.56. The Balaban J connectivity index is 1.53. The van der Waals surface area contributed by atoms with E-state index in [1.165, 1.54) is 0 Å². The minimum absolute atomic E-state index is 0.0809. The number of amides is 1. The lowest BCUT2D eigenvalue weighted by atomic mass is 10.1. The molecule has 0 spiro atoms. The molecule has 0 N–H and O–H groups in total. The number of hydrogen-bond acceptors (Lipinski definition) is 7. The van der Waals surface area contributed by atoms with Crippen LogP contribution in [0, 0.1) is 6.92 Å². The fourth-order valence-corrected chi connectivity index (χ4v) is 4.56. The van der Waals surface area contributed by atoms with Crippen LogP contribution in [0.3, 0.4) is 0 Å². The highest BCUT2D eigenvalue weighted by atomic mass is 16.6. The maximum atomic E-state index is 12.5. The molecule has 1 amide bonds. The second kappa shape index (κ2) is 13.9. The molecule has 1 atom stereocenters. The number of ether oxygens (including phenoxy) is 3. The van der Waals surface area contributed by atoms with E-state index in [-0.39, 0.29) is 30.8 Å². The first-order chi connectivity index (χ1) is 17.4. The van der Waals surface area contributed by atoms with Crippen molar-refractivity contribution in [1.82, 2.24) is 10.1 Å². The van der Waals surface area contributed by atoms with Crippen LogP contribution in [0.25, 0.3) is 11.3 Å². The molecule has 1 aliphatic rings. The fraction of sp³-hybridized carbons (Fsp3) is 0.607. The zero-order valence-electron chi connectivity index (χ0n) is 22.1. The molecular formula is C28H40N2O6. The molecule has 1 fully saturated rings. The molecule has 0 aliphatic heterocycles. The van der Waals surface area contributed by atoms with Gasteiger partial charge in [0, 0.05) is 25.1 Å². The highest BCUT2D eigenvalue weighted by Crippen LogP contribution is 2.30. The largest absolute Gasteiger partial charge is 0.490 e. The molecule has 1 aromatic heterocycles. The normalized spacial score (nSPS) is 14.4. The zero-order chi connectivity index (χ0) is 25.9. The number of esters is 1. The summed E-state index contributed by atoms with van der Waals surface area (Å²) in [5, 5.41) is 4.10. The second-order valence-corrected chi connectivity index (χ2v) is 9.40. The Labute approximate surface area is 214 Å². The highest BCUT2D eigenvalue weighted by Gasteiger charge is 2.25. The molecule has 1 heterocycles. The molecule has 8 heteroatoms. The molecule has 8 nitrogen and oxygen atoms in total. The van der Waals surface area contributed by atoms with Gasteiger partial charge in [0.2, 0.25) is 0 Å². The first-order valence-corrected chi connectivity index (χ1v) is 13.2. The maximum Gasteiger partial charge on any atom is 0.410 e. The Kier molecular flexibility index (Phi) is 10.6. The molecule has 1 saturated carbocycles. The van der Waals surface area contributed by atoms with E-state index in [2.05, 4.69) is 12.1 Å². The van der Waals surface area contributed by atoms with E-state index in [1.807, 2.05) is 45.2 Å². The van der Waals surface area contributed by atoms with Crippen LogP contribution < -0.4 is 4.74 Å². The molecule has 1 aromatic carbocycles. The van der Waals surface area contributed by atoms with Gasteiger partial charge in [0.25, 0.3) is 0 Å². The van der Waals surface area contributed by atoms with Crippen molar-refractivity contribution >= 4 is 12.1 Å². The first kappa shape index (κ1) is 27.6. The summed E-state index contributed by atoms with van der Waals surface area (Å²) in [4.78, 5) is 25.7. The quantitative estimate of drug-likeness (QED) is 0.231. The first-order valence-electron chi connectivity index (χ1n) is 13.2. The van der Waals surface area contributed by atoms with Gasteiger partial charge >= 0.3 is 12.1 Å². The van der Waals surface area contributed by atoms with E-state index in [1.54, 1.807) is 4.90 Å². The van der Waals surface area contributed by atoms with E-state index in [9.17, 15) is 9.59 Å². The molecule has 198 valence electrons. The number of unbranched alkanes of at least 4 members (excludes halogenated alkanes) is 1. The van der Waals surface area contributed by atoms with Gasteiger partial charge in [0.1, 0.15) is 12.4 Å². The van der Waals surface area contributed by atoms with Gasteiger partial charge < -0.3 is 23.6 Å². The van der Waals surface area contributed by atoms with Gasteiger partial charge in [-0.05, 0) is 76.6 Å². The smallest absolute Gasteiger partial charge is 0.410 e. The topological polar surface area (TPSA) is 91.1 Å². The van der Waals surface area contributed by atoms with Crippen molar-refractivity contribution in [2.24, 2.45) is 0 Å². The summed E-state index contributed by atoms with van der Waals surface area (Å²) >= 11 is 0. The Morgan fingerprint density at radius 2 is 1.83 bits per heavy atom. The van der Waals surface area contributed by atoms with Crippen LogP contribution in [0.2, 0.25) is 0 Å². The standard InChI is InChI=1S/C28H40N2O6/c1-5-23(13-9-10-14-26(31)33-6-2)35-24-17-15-21(16-18-24)27-25(20(3)29-36-27)19-34-28(32)30(4)22-11-7-8-12-22/h15-18,22-23H,5-14,19H2,1-4H3/t23-/m0/s1. The van der Waals surface area contributed by atoms with Crippen LogP contribution in [0.1, 0.15) is 82.9 Å². The van der Waals surface area contributed by atoms with E-state index in [0.717, 1.165) is 68.2 Å². The van der Waals surface area contributed by atoms with E-state index >= 15 is 0 Å². The monoisotopic (exact) mass is 500 g/mol. The van der Waals surface area contributed by atoms with Crippen molar-refractivity contribution in [2.45, 2.75) is 97.3 Å². The average Bonchev–Trinajstić information content (AvgIpc) is 3.55. The van der Waals surface area contributed by atoms with Crippen LogP contribution in [0.4, 0.5) is 4.79 Å². The van der Waals surface area contributed by atoms with Crippen LogP contribution in [0.15, 0.2) is 28.8 Å². The third-order valence-corrected chi connectivity index (χ3v) is 6.82. The summed E-state index contributed by atoms with van der Waals surface area (Å²) in [7, 11) is 1.81. The Bertz CT molecular complexity index is 965. The third kappa shape index (κ3) is 7.73. The molecule has 1 aliphatic carbocycles. The number of aryl methyl sites for hydroxylation is 1. The average molecular weight is 501 g/mol. The molecule has 0 unspecified atom stereocenters. The molecule has 0 radical (unpaired) electrons. The van der Waals surface area contributed by atoms with Crippen LogP contribution in [-0.4, -0.2) is 47.9 Å². The van der Waals surface area contributed by atoms with Crippen LogP contribution in [-0.2, 0) is 20.9 Å². The van der Waals surface area contributed by atoms with Gasteiger partial charge in [-0.3, -0.25) is 4.79 Å². The van der Waals surface area contributed by atoms with Crippen molar-refractivity contribution in [1.29, 1.82) is 0 Å². The summed E-state index contributed by atoms with van der Waals surface area (Å²) in [6.45, 7) is 6.30. The number of hydrogen-bond donors (Lipinski definition) is 0. The highest BCUT2D eigenvalue weighted by molar-refractivity contribution is 5.69. The van der Waals surface area contributed by atoms with E-state index in [0.29, 0.717) is 24.5 Å². The van der Waals surface area contributed by atoms with Gasteiger partial charge in [0.15, 0.2) is 5.76 Å². The lowest BCUT2D eigenvalue weighted by Gasteiger charge is -2.23. The molecule has 0 bridgehead atoms. The van der Waals surface area contributed by atoms with Gasteiger partial charge in [-0.25, -0.2) is 4.79 Å². The summed E-state index contributed by atoms with van der Waals surface area (Å²) in [6, 6.07) is 7.95. The summed E-state index contributed by atoms with van der Waals surface area (Å²) < 4.78 is 22.3. The number of rotatable bonds is 13. The minimum Gasteiger partial charge on any atom is -0.490 e. The van der Waals surface area contributed by atoms with Crippen molar-refractivity contribution in [3.63, 3.8) is 0 Å². The van der Waals surface area contributed by atoms with Crippen molar-refractivity contribution in [3.05, 3.63) is 35.5 Å². The number of aromatic nitrogens is 1. The number of nitrogens with zero attached hydrogens (tertiary/aromatic N) is 2. The van der Waals surface area contributed by atoms with Crippen molar-refractivity contribution < 1.29 is 28.3 Å². The predicted molar refractivity (Wildman–Crippen MR) is 137 cm³/mol. The molecule has 3 rings (SSSR count). The number of benzene rings is 1. The SMILES string of the molecule is CCOC(=O)CCCC[C@H](CC)Oc1ccc(-c2onc(C)c2COC(=O)N(C)C2CCCC2)cc1. The molecule has 2 aromatic rings. The Hall–Kier alpha value is -3.03. The maximum absolute atomic E-state index is 12.5. The lowest BCUT2D eigenvalue weighted by molar-refractivity contribution is -0.143. The predicted octanol–water partition coefficient (Wildman–Crippen LogP) is 6.44. The van der Waals surface area contributed by atoms with Gasteiger partial charge in [-0.15, -0.1) is 0 Å². The van der Waals surface area contributed by atoms with Crippen molar-refractivity contribution in [2.75, 3.05) is 13.7 Å². The van der Waals surface area contributed by atoms with E-state index in [4.69, 9.17) is 18.7 Å². The molecule has 36 heavy (non-hydrogen) atoms. The summed E-state index contributed by atoms with van der Waals surface area (Å²) in [6.07, 6.45) is 8.06. The molecule has 0 saturated heterocycles. The van der Waals surface area contributed by atoms with Crippen molar-refractivity contribution in [3.8, 4) is 17.1 Å². The Morgan fingerprint density at radius 1 is 1.11 bits per heavy atom. The Morgan fingerprint density at radius 3 is 2.50 bits per heavy atom. The molecular weight excluding hydrogens is 460 g/mol. The van der Waals surface area contributed by atoms with Gasteiger partial charge in [0.05, 0.1) is 24.0 Å². The number of carbonyl (C=O) groups is 2. The van der Waals surface area contributed by atoms with Gasteiger partial charge in [-0.1, -0.05) is 24.9 Å². The van der Waals surface area contributed by atoms with Gasteiger partial charge in [-0.2, -0.15) is 0 Å². The minimum atomic E-state index is -0.315. The summed E-state index contributed by atoms with van der Waals surface area (Å²) in [5.41, 5.74) is 2.32. The third-order valence-electron chi connectivity index (χ3n) is 6.82. The van der Waals surface area contributed by atoms with E-state index < -0.39 is 0 Å². The zero-order valence-corrected chi connectivity index (χ0v) is 22.1. The van der Waals surface area contributed by atoms with Crippen LogP contribution in [0.5, 0.6) is 5.75 Å². The number of carbonyl (C=O) groups excluding carboxylic acids is 2.